The van der Waals surface area contributed by atoms with E-state index in [2.05, 4.69) is 15.3 Å². The molecule has 5 N–H and O–H groups in total. The second-order valence-electron chi connectivity index (χ2n) is 4.39. The van der Waals surface area contributed by atoms with Crippen molar-refractivity contribution < 1.29 is 0 Å². The van der Waals surface area contributed by atoms with Crippen molar-refractivity contribution in [3.63, 3.8) is 0 Å². The lowest BCUT2D eigenvalue weighted by atomic mass is 10.2. The van der Waals surface area contributed by atoms with Crippen molar-refractivity contribution in [2.45, 2.75) is 6.92 Å². The molecule has 5 nitrogen and oxygen atoms in total. The van der Waals surface area contributed by atoms with E-state index in [1.54, 1.807) is 12.1 Å². The van der Waals surface area contributed by atoms with Crippen LogP contribution >= 0.6 is 24.0 Å². The molecule has 0 radical (unpaired) electrons. The molecule has 2 aromatic rings. The maximum absolute atomic E-state index is 5.89. The number of anilines is 1. The van der Waals surface area contributed by atoms with Gasteiger partial charge in [0.05, 0.1) is 5.69 Å². The number of aliphatic imine (C=N–C) groups is 2. The fraction of sp³-hybridized carbons (Fsp3) is 0.0667. The van der Waals surface area contributed by atoms with Crippen molar-refractivity contribution in [2.24, 2.45) is 21.5 Å². The predicted octanol–water partition coefficient (Wildman–Crippen LogP) is 3.44. The summed E-state index contributed by atoms with van der Waals surface area (Å²) in [6.07, 6.45) is 0. The third-order valence-electron chi connectivity index (χ3n) is 2.68. The van der Waals surface area contributed by atoms with Gasteiger partial charge in [-0.15, -0.1) is 12.4 Å². The van der Waals surface area contributed by atoms with Crippen LogP contribution in [0, 0.1) is 6.92 Å². The summed E-state index contributed by atoms with van der Waals surface area (Å²) < 4.78 is 0. The highest BCUT2D eigenvalue weighted by atomic mass is 35.5. The third kappa shape index (κ3) is 5.27. The Kier molecular flexibility index (Phi) is 6.69. The van der Waals surface area contributed by atoms with Gasteiger partial charge in [0.15, 0.2) is 0 Å². The number of para-hydroxylation sites is 1. The number of nitrogens with one attached hydrogen (secondary N) is 1. The number of hydrogen-bond acceptors (Lipinski definition) is 1. The van der Waals surface area contributed by atoms with Crippen LogP contribution in [0.1, 0.15) is 5.56 Å². The zero-order valence-corrected chi connectivity index (χ0v) is 13.5. The van der Waals surface area contributed by atoms with Crippen LogP contribution in [0.2, 0.25) is 5.02 Å². The molecule has 7 heteroatoms. The summed E-state index contributed by atoms with van der Waals surface area (Å²) >= 11 is 5.89. The van der Waals surface area contributed by atoms with Gasteiger partial charge < -0.3 is 16.8 Å². The molecule has 0 saturated heterocycles. The summed E-state index contributed by atoms with van der Waals surface area (Å²) in [6.45, 7) is 1.90. The van der Waals surface area contributed by atoms with Gasteiger partial charge in [0.2, 0.25) is 11.9 Å². The van der Waals surface area contributed by atoms with Crippen LogP contribution in [-0.4, -0.2) is 11.9 Å². The highest BCUT2D eigenvalue weighted by Crippen LogP contribution is 2.22. The van der Waals surface area contributed by atoms with Crippen LogP contribution in [0.3, 0.4) is 0 Å². The second-order valence-corrected chi connectivity index (χ2v) is 4.83. The molecule has 0 atom stereocenters. The first-order chi connectivity index (χ1) is 10.0. The molecule has 0 saturated carbocycles. The third-order valence-corrected chi connectivity index (χ3v) is 2.91. The molecular formula is C15H17Cl2N5. The van der Waals surface area contributed by atoms with Crippen LogP contribution in [0.25, 0.3) is 0 Å². The number of nitrogens with zero attached hydrogens (tertiary/aromatic N) is 2. The lowest BCUT2D eigenvalue weighted by molar-refractivity contribution is 1.35. The maximum Gasteiger partial charge on any atom is 0.223 e. The van der Waals surface area contributed by atoms with Gasteiger partial charge in [-0.1, -0.05) is 29.8 Å². The molecule has 2 rings (SSSR count). The molecule has 0 aliphatic carbocycles. The molecule has 0 amide bonds. The van der Waals surface area contributed by atoms with Crippen LogP contribution in [0.15, 0.2) is 58.5 Å². The van der Waals surface area contributed by atoms with E-state index in [4.69, 9.17) is 23.1 Å². The van der Waals surface area contributed by atoms with E-state index in [9.17, 15) is 0 Å². The average molecular weight is 338 g/mol. The number of halogens is 2. The Balaban J connectivity index is 0.00000242. The van der Waals surface area contributed by atoms with Crippen LogP contribution in [0.4, 0.5) is 11.4 Å². The minimum absolute atomic E-state index is 0. The Hall–Kier alpha value is -2.24. The van der Waals surface area contributed by atoms with Gasteiger partial charge in [-0.25, -0.2) is 4.99 Å². The fourth-order valence-corrected chi connectivity index (χ4v) is 1.94. The Morgan fingerprint density at radius 3 is 2.41 bits per heavy atom. The summed E-state index contributed by atoms with van der Waals surface area (Å²) in [5, 5.41) is 3.58. The first-order valence-electron chi connectivity index (χ1n) is 6.31. The lowest BCUT2D eigenvalue weighted by Crippen LogP contribution is -2.26. The van der Waals surface area contributed by atoms with Crippen LogP contribution < -0.4 is 16.8 Å². The summed E-state index contributed by atoms with van der Waals surface area (Å²) in [5.74, 6) is 0.246. The van der Waals surface area contributed by atoms with Crippen LogP contribution in [-0.2, 0) is 0 Å². The van der Waals surface area contributed by atoms with Gasteiger partial charge in [-0.05, 0) is 42.8 Å². The van der Waals surface area contributed by atoms with Gasteiger partial charge in [0, 0.05) is 10.7 Å². The number of hydrogen-bond donors (Lipinski definition) is 3. The van der Waals surface area contributed by atoms with Crippen molar-refractivity contribution in [2.75, 3.05) is 5.32 Å². The Bertz CT molecular complexity index is 684. The van der Waals surface area contributed by atoms with Gasteiger partial charge in [-0.2, -0.15) is 4.99 Å². The van der Waals surface area contributed by atoms with Crippen molar-refractivity contribution in [3.05, 3.63) is 59.1 Å². The normalized spacial score (nSPS) is 11.7. The highest BCUT2D eigenvalue weighted by Gasteiger charge is 2.00. The van der Waals surface area contributed by atoms with E-state index in [1.165, 1.54) is 0 Å². The number of nitrogens with two attached hydrogens (primary N) is 2. The SMILES string of the molecule is Cc1cc(Cl)ccc1/N=C(N)\N=C(/N)Nc1ccccc1.Cl. The smallest absolute Gasteiger partial charge is 0.223 e. The monoisotopic (exact) mass is 337 g/mol. The summed E-state index contributed by atoms with van der Waals surface area (Å²) in [5.41, 5.74) is 14.0. The van der Waals surface area contributed by atoms with Crippen molar-refractivity contribution in [1.29, 1.82) is 0 Å². The summed E-state index contributed by atoms with van der Waals surface area (Å²) in [7, 11) is 0. The van der Waals surface area contributed by atoms with E-state index in [0.717, 1.165) is 11.3 Å². The number of guanidine groups is 2. The average Bonchev–Trinajstić information content (AvgIpc) is 2.43. The Labute approximate surface area is 140 Å². The Morgan fingerprint density at radius 1 is 1.09 bits per heavy atom. The molecule has 0 aliphatic heterocycles. The van der Waals surface area contributed by atoms with E-state index in [1.807, 2.05) is 43.3 Å². The van der Waals surface area contributed by atoms with E-state index >= 15 is 0 Å². The van der Waals surface area contributed by atoms with E-state index in [0.29, 0.717) is 10.7 Å². The zero-order chi connectivity index (χ0) is 15.2. The molecule has 116 valence electrons. The predicted molar refractivity (Wildman–Crippen MR) is 96.4 cm³/mol. The van der Waals surface area contributed by atoms with Gasteiger partial charge in [-0.3, -0.25) is 0 Å². The van der Waals surface area contributed by atoms with Gasteiger partial charge in [0.25, 0.3) is 0 Å². The van der Waals surface area contributed by atoms with E-state index in [-0.39, 0.29) is 24.3 Å². The minimum atomic E-state index is 0. The Morgan fingerprint density at radius 2 is 1.77 bits per heavy atom. The molecule has 0 fully saturated rings. The maximum atomic E-state index is 5.89. The second kappa shape index (κ2) is 8.26. The van der Waals surface area contributed by atoms with Gasteiger partial charge in [0.1, 0.15) is 0 Å². The molecular weight excluding hydrogens is 321 g/mol. The van der Waals surface area contributed by atoms with Crippen LogP contribution in [0.5, 0.6) is 0 Å². The molecule has 0 aliphatic rings. The van der Waals surface area contributed by atoms with Crippen molar-refractivity contribution in [3.8, 4) is 0 Å². The molecule has 0 heterocycles. The molecule has 0 unspecified atom stereocenters. The zero-order valence-electron chi connectivity index (χ0n) is 12.0. The van der Waals surface area contributed by atoms with Crippen molar-refractivity contribution in [1.82, 2.24) is 0 Å². The molecule has 2 aromatic carbocycles. The largest absolute Gasteiger partial charge is 0.369 e. The first-order valence-corrected chi connectivity index (χ1v) is 6.69. The molecule has 0 spiro atoms. The lowest BCUT2D eigenvalue weighted by Gasteiger charge is -2.05. The molecule has 0 aromatic heterocycles. The summed E-state index contributed by atoms with van der Waals surface area (Å²) in [6, 6.07) is 14.8. The quantitative estimate of drug-likeness (QED) is 0.579. The van der Waals surface area contributed by atoms with E-state index < -0.39 is 0 Å². The minimum Gasteiger partial charge on any atom is -0.369 e. The standard InChI is InChI=1S/C15H16ClN5.ClH/c1-10-9-11(16)7-8-13(10)20-15(18)21-14(17)19-12-5-3-2-4-6-12;/h2-9H,1H3,(H5,17,18,19,20,21);1H. The first kappa shape index (κ1) is 17.8. The highest BCUT2D eigenvalue weighted by molar-refractivity contribution is 6.30. The van der Waals surface area contributed by atoms with Crippen molar-refractivity contribution >= 4 is 47.3 Å². The molecule has 22 heavy (non-hydrogen) atoms. The van der Waals surface area contributed by atoms with Gasteiger partial charge >= 0.3 is 0 Å². The topological polar surface area (TPSA) is 88.8 Å². The number of aryl methyl sites for hydroxylation is 1. The molecule has 0 bridgehead atoms. The number of rotatable bonds is 2. The number of benzene rings is 2. The fourth-order valence-electron chi connectivity index (χ4n) is 1.71. The summed E-state index contributed by atoms with van der Waals surface area (Å²) in [4.78, 5) is 8.22.